The van der Waals surface area contributed by atoms with E-state index in [0.29, 0.717) is 29.5 Å². The number of amides is 5. The number of hydrogen-bond donors (Lipinski definition) is 3. The molecule has 170 valence electrons. The summed E-state index contributed by atoms with van der Waals surface area (Å²) in [7, 11) is 0. The molecule has 1 saturated heterocycles. The number of aromatic nitrogens is 2. The summed E-state index contributed by atoms with van der Waals surface area (Å²) < 4.78 is 5.19. The number of nitrogens with one attached hydrogen (secondary N) is 3. The van der Waals surface area contributed by atoms with Gasteiger partial charge in [-0.15, -0.1) is 11.3 Å². The standard InChI is InChI=1S/C21H20N6O5S/c28-16(7-8-18-25-20(26-32-18)15-2-1-11-33-15)23-13-3-5-14(6-4-13)24-17(29)9-10-27-19(30)12-22-21(27)31/h1-6,11H,7-10,12H2,(H,22,31)(H,23,28)(H,24,29). The van der Waals surface area contributed by atoms with Crippen LogP contribution in [0.15, 0.2) is 46.3 Å². The van der Waals surface area contributed by atoms with Gasteiger partial charge in [-0.1, -0.05) is 11.2 Å². The van der Waals surface area contributed by atoms with Crippen LogP contribution in [0.3, 0.4) is 0 Å². The van der Waals surface area contributed by atoms with Gasteiger partial charge in [0.2, 0.25) is 29.4 Å². The molecule has 2 aromatic heterocycles. The Bertz CT molecular complexity index is 1140. The predicted octanol–water partition coefficient (Wildman–Crippen LogP) is 2.25. The highest BCUT2D eigenvalue weighted by atomic mass is 32.1. The normalized spacial score (nSPS) is 13.2. The van der Waals surface area contributed by atoms with E-state index in [1.54, 1.807) is 24.3 Å². The van der Waals surface area contributed by atoms with Crippen LogP contribution in [0, 0.1) is 0 Å². The Hall–Kier alpha value is -4.06. The van der Waals surface area contributed by atoms with E-state index in [9.17, 15) is 19.2 Å². The second-order valence-electron chi connectivity index (χ2n) is 7.12. The summed E-state index contributed by atoms with van der Waals surface area (Å²) in [6.07, 6.45) is 0.477. The molecule has 33 heavy (non-hydrogen) atoms. The van der Waals surface area contributed by atoms with Crippen LogP contribution in [0.5, 0.6) is 0 Å². The van der Waals surface area contributed by atoms with Gasteiger partial charge in [-0.3, -0.25) is 19.3 Å². The molecule has 3 heterocycles. The summed E-state index contributed by atoms with van der Waals surface area (Å²) in [4.78, 5) is 53.5. The van der Waals surface area contributed by atoms with Crippen LogP contribution in [0.4, 0.5) is 16.2 Å². The molecule has 1 aliphatic heterocycles. The van der Waals surface area contributed by atoms with Crippen molar-refractivity contribution in [1.82, 2.24) is 20.4 Å². The summed E-state index contributed by atoms with van der Waals surface area (Å²) in [5, 5.41) is 13.7. The number of thiophene rings is 1. The van der Waals surface area contributed by atoms with Crippen LogP contribution in [0.2, 0.25) is 0 Å². The van der Waals surface area contributed by atoms with E-state index >= 15 is 0 Å². The quantitative estimate of drug-likeness (QED) is 0.408. The number of aryl methyl sites for hydroxylation is 1. The molecule has 1 fully saturated rings. The fourth-order valence-corrected chi connectivity index (χ4v) is 3.71. The highest BCUT2D eigenvalue weighted by molar-refractivity contribution is 7.13. The average Bonchev–Trinajstić information content (AvgIpc) is 3.55. The zero-order valence-corrected chi connectivity index (χ0v) is 18.2. The number of carbonyl (C=O) groups is 4. The lowest BCUT2D eigenvalue weighted by Gasteiger charge is -2.12. The molecule has 4 rings (SSSR count). The molecule has 0 saturated carbocycles. The van der Waals surface area contributed by atoms with Crippen LogP contribution in [0.1, 0.15) is 18.7 Å². The van der Waals surface area contributed by atoms with Crippen LogP contribution in [-0.4, -0.2) is 51.9 Å². The van der Waals surface area contributed by atoms with E-state index in [2.05, 4.69) is 26.1 Å². The number of anilines is 2. The van der Waals surface area contributed by atoms with Crippen molar-refractivity contribution in [3.63, 3.8) is 0 Å². The van der Waals surface area contributed by atoms with Gasteiger partial charge in [0.15, 0.2) is 0 Å². The Balaban J connectivity index is 1.20. The smallest absolute Gasteiger partial charge is 0.324 e. The first-order valence-electron chi connectivity index (χ1n) is 10.1. The molecule has 11 nitrogen and oxygen atoms in total. The first kappa shape index (κ1) is 22.1. The van der Waals surface area contributed by atoms with Gasteiger partial charge in [0.25, 0.3) is 0 Å². The van der Waals surface area contributed by atoms with Gasteiger partial charge < -0.3 is 20.5 Å². The zero-order chi connectivity index (χ0) is 23.2. The first-order chi connectivity index (χ1) is 16.0. The molecule has 3 aromatic rings. The summed E-state index contributed by atoms with van der Waals surface area (Å²) in [5.74, 6) is -0.0000243. The van der Waals surface area contributed by atoms with Gasteiger partial charge in [0.1, 0.15) is 0 Å². The van der Waals surface area contributed by atoms with Crippen LogP contribution >= 0.6 is 11.3 Å². The average molecular weight is 468 g/mol. The highest BCUT2D eigenvalue weighted by Gasteiger charge is 2.28. The monoisotopic (exact) mass is 468 g/mol. The molecule has 1 aromatic carbocycles. The maximum Gasteiger partial charge on any atom is 0.324 e. The van der Waals surface area contributed by atoms with Gasteiger partial charge in [-0.25, -0.2) is 4.79 Å². The van der Waals surface area contributed by atoms with E-state index in [0.717, 1.165) is 9.78 Å². The molecule has 0 spiro atoms. The van der Waals surface area contributed by atoms with Gasteiger partial charge in [-0.2, -0.15) is 4.98 Å². The maximum absolute atomic E-state index is 12.2. The van der Waals surface area contributed by atoms with Crippen molar-refractivity contribution in [2.24, 2.45) is 0 Å². The fraction of sp³-hybridized carbons (Fsp3) is 0.238. The summed E-state index contributed by atoms with van der Waals surface area (Å²) >= 11 is 1.51. The number of urea groups is 1. The van der Waals surface area contributed by atoms with Crippen molar-refractivity contribution in [2.45, 2.75) is 19.3 Å². The van der Waals surface area contributed by atoms with Crippen molar-refractivity contribution in [2.75, 3.05) is 23.7 Å². The summed E-state index contributed by atoms with van der Waals surface area (Å²) in [6.45, 7) is -0.0295. The van der Waals surface area contributed by atoms with Crippen molar-refractivity contribution >= 4 is 46.5 Å². The van der Waals surface area contributed by atoms with E-state index in [1.165, 1.54) is 11.3 Å². The third-order valence-corrected chi connectivity index (χ3v) is 5.59. The Morgan fingerprint density at radius 1 is 1.06 bits per heavy atom. The highest BCUT2D eigenvalue weighted by Crippen LogP contribution is 2.21. The SMILES string of the molecule is O=C(CCc1nc(-c2cccs2)no1)Nc1ccc(NC(=O)CCN2C(=O)CNC2=O)cc1. The van der Waals surface area contributed by atoms with Gasteiger partial charge >= 0.3 is 6.03 Å². The molecule has 1 aliphatic rings. The van der Waals surface area contributed by atoms with E-state index in [1.807, 2.05) is 17.5 Å². The molecule has 0 aliphatic carbocycles. The van der Waals surface area contributed by atoms with Gasteiger partial charge in [0, 0.05) is 37.2 Å². The Morgan fingerprint density at radius 2 is 1.76 bits per heavy atom. The number of benzene rings is 1. The topological polar surface area (TPSA) is 147 Å². The minimum atomic E-state index is -0.491. The lowest BCUT2D eigenvalue weighted by Crippen LogP contribution is -2.33. The van der Waals surface area contributed by atoms with Crippen LogP contribution < -0.4 is 16.0 Å². The van der Waals surface area contributed by atoms with Crippen LogP contribution in [-0.2, 0) is 20.8 Å². The molecule has 0 unspecified atom stereocenters. The Morgan fingerprint density at radius 3 is 2.36 bits per heavy atom. The molecule has 12 heteroatoms. The summed E-state index contributed by atoms with van der Waals surface area (Å²) in [5.41, 5.74) is 1.10. The fourth-order valence-electron chi connectivity index (χ4n) is 3.06. The van der Waals surface area contributed by atoms with E-state index in [-0.39, 0.29) is 43.7 Å². The van der Waals surface area contributed by atoms with Crippen molar-refractivity contribution in [3.05, 3.63) is 47.7 Å². The van der Waals surface area contributed by atoms with Crippen molar-refractivity contribution in [1.29, 1.82) is 0 Å². The van der Waals surface area contributed by atoms with Gasteiger partial charge in [0.05, 0.1) is 11.4 Å². The third-order valence-electron chi connectivity index (χ3n) is 4.73. The largest absolute Gasteiger partial charge is 0.339 e. The third kappa shape index (κ3) is 5.80. The molecule has 0 radical (unpaired) electrons. The zero-order valence-electron chi connectivity index (χ0n) is 17.4. The molecule has 5 amide bonds. The first-order valence-corrected chi connectivity index (χ1v) is 11.0. The second-order valence-corrected chi connectivity index (χ2v) is 8.06. The van der Waals surface area contributed by atoms with Crippen LogP contribution in [0.25, 0.3) is 10.7 Å². The van der Waals surface area contributed by atoms with Crippen molar-refractivity contribution in [3.8, 4) is 10.7 Å². The van der Waals surface area contributed by atoms with E-state index < -0.39 is 6.03 Å². The molecule has 3 N–H and O–H groups in total. The van der Waals surface area contributed by atoms with Gasteiger partial charge in [-0.05, 0) is 35.7 Å². The van der Waals surface area contributed by atoms with E-state index in [4.69, 9.17) is 4.52 Å². The Kier molecular flexibility index (Phi) is 6.74. The minimum Gasteiger partial charge on any atom is -0.339 e. The predicted molar refractivity (Wildman–Crippen MR) is 119 cm³/mol. The number of imide groups is 1. The van der Waals surface area contributed by atoms with Crippen molar-refractivity contribution < 1.29 is 23.7 Å². The molecule has 0 bridgehead atoms. The second kappa shape index (κ2) is 10.0. The Labute approximate surface area is 192 Å². The molecular formula is C21H20N6O5S. The number of carbonyl (C=O) groups excluding carboxylic acids is 4. The number of rotatable bonds is 9. The number of nitrogens with zero attached hydrogens (tertiary/aromatic N) is 3. The lowest BCUT2D eigenvalue weighted by atomic mass is 10.2. The minimum absolute atomic E-state index is 0.0124. The molecular weight excluding hydrogens is 448 g/mol. The lowest BCUT2D eigenvalue weighted by molar-refractivity contribution is -0.125. The maximum atomic E-state index is 12.2. The molecule has 0 atom stereocenters. The number of hydrogen-bond acceptors (Lipinski definition) is 8. The summed E-state index contributed by atoms with van der Waals surface area (Å²) in [6, 6.07) is 9.91.